The minimum atomic E-state index is -4.39. The van der Waals surface area contributed by atoms with Gasteiger partial charge in [0.05, 0.1) is 18.2 Å². The number of nitrogens with zero attached hydrogens (tertiary/aromatic N) is 1. The second-order valence-corrected chi connectivity index (χ2v) is 6.30. The number of carbonyl (C=O) groups excluding carboxylic acids is 1. The lowest BCUT2D eigenvalue weighted by molar-refractivity contribution is -0.138. The molecule has 0 atom stereocenters. The average Bonchev–Trinajstić information content (AvgIpc) is 2.96. The molecule has 1 heterocycles. The molecule has 0 radical (unpaired) electrons. The molecule has 1 aliphatic heterocycles. The highest BCUT2D eigenvalue weighted by Gasteiger charge is 2.37. The highest BCUT2D eigenvalue weighted by Crippen LogP contribution is 2.44. The number of alkyl halides is 3. The summed E-state index contributed by atoms with van der Waals surface area (Å²) >= 11 is 3.16. The van der Waals surface area contributed by atoms with Crippen molar-refractivity contribution in [1.82, 2.24) is 0 Å². The number of benzene rings is 2. The second kappa shape index (κ2) is 6.12. The summed E-state index contributed by atoms with van der Waals surface area (Å²) in [6.45, 7) is 0.451. The molecule has 0 aromatic heterocycles. The van der Waals surface area contributed by atoms with E-state index in [1.165, 1.54) is 7.11 Å². The van der Waals surface area contributed by atoms with Gasteiger partial charge >= 0.3 is 12.1 Å². The highest BCUT2D eigenvalue weighted by molar-refractivity contribution is 9.10. The number of fused-ring (bicyclic) bond motifs is 1. The van der Waals surface area contributed by atoms with E-state index in [1.807, 2.05) is 4.90 Å². The van der Waals surface area contributed by atoms with E-state index in [-0.39, 0.29) is 0 Å². The lowest BCUT2D eigenvalue weighted by Gasteiger charge is -2.21. The molecule has 0 N–H and O–H groups in total. The van der Waals surface area contributed by atoms with Crippen LogP contribution in [0.3, 0.4) is 0 Å². The monoisotopic (exact) mass is 399 g/mol. The maximum Gasteiger partial charge on any atom is 0.416 e. The first kappa shape index (κ1) is 16.8. The van der Waals surface area contributed by atoms with Crippen molar-refractivity contribution in [2.45, 2.75) is 12.6 Å². The Hall–Kier alpha value is -2.02. The number of methoxy groups -OCH3 is 1. The van der Waals surface area contributed by atoms with Gasteiger partial charge in [-0.1, -0.05) is 15.9 Å². The zero-order chi connectivity index (χ0) is 17.5. The van der Waals surface area contributed by atoms with Crippen molar-refractivity contribution in [2.24, 2.45) is 0 Å². The molecule has 0 amide bonds. The Balaban J connectivity index is 2.01. The van der Waals surface area contributed by atoms with Crippen molar-refractivity contribution in [2.75, 3.05) is 18.6 Å². The zero-order valence-electron chi connectivity index (χ0n) is 12.7. The van der Waals surface area contributed by atoms with Crippen LogP contribution in [0, 0.1) is 0 Å². The first-order chi connectivity index (χ1) is 11.3. The van der Waals surface area contributed by atoms with Gasteiger partial charge in [-0.2, -0.15) is 13.2 Å². The molecule has 24 heavy (non-hydrogen) atoms. The van der Waals surface area contributed by atoms with E-state index in [2.05, 4.69) is 20.7 Å². The van der Waals surface area contributed by atoms with Crippen molar-refractivity contribution < 1.29 is 22.7 Å². The van der Waals surface area contributed by atoms with Gasteiger partial charge in [0.25, 0.3) is 0 Å². The van der Waals surface area contributed by atoms with E-state index in [0.717, 1.165) is 11.8 Å². The largest absolute Gasteiger partial charge is 0.465 e. The van der Waals surface area contributed by atoms with Gasteiger partial charge in [-0.3, -0.25) is 0 Å². The molecular formula is C17H13BrF3NO2. The predicted octanol–water partition coefficient (Wildman–Crippen LogP) is 4.95. The third kappa shape index (κ3) is 3.00. The number of carbonyl (C=O) groups is 1. The van der Waals surface area contributed by atoms with Crippen LogP contribution in [0.1, 0.15) is 21.5 Å². The second-order valence-electron chi connectivity index (χ2n) is 5.39. The number of esters is 1. The Morgan fingerprint density at radius 1 is 1.21 bits per heavy atom. The SMILES string of the molecule is COC(=O)c1ccc(N2CCc3c2cc(Br)cc3C(F)(F)F)cc1. The summed E-state index contributed by atoms with van der Waals surface area (Å²) in [6, 6.07) is 9.41. The van der Waals surface area contributed by atoms with Crippen LogP contribution in [-0.2, 0) is 17.3 Å². The fraction of sp³-hybridized carbons (Fsp3) is 0.235. The summed E-state index contributed by atoms with van der Waals surface area (Å²) in [5, 5.41) is 0. The number of ether oxygens (including phenoxy) is 1. The Morgan fingerprint density at radius 3 is 2.46 bits per heavy atom. The van der Waals surface area contributed by atoms with Crippen LogP contribution >= 0.6 is 15.9 Å². The van der Waals surface area contributed by atoms with Gasteiger partial charge < -0.3 is 9.64 Å². The minimum absolute atomic E-state index is 0.294. The summed E-state index contributed by atoms with van der Waals surface area (Å²) in [4.78, 5) is 13.3. The maximum absolute atomic E-state index is 13.2. The van der Waals surface area contributed by atoms with Gasteiger partial charge in [-0.15, -0.1) is 0 Å². The van der Waals surface area contributed by atoms with Crippen LogP contribution < -0.4 is 4.90 Å². The Bertz CT molecular complexity index is 788. The van der Waals surface area contributed by atoms with Gasteiger partial charge in [0.1, 0.15) is 0 Å². The number of hydrogen-bond donors (Lipinski definition) is 0. The van der Waals surface area contributed by atoms with E-state index < -0.39 is 17.7 Å². The average molecular weight is 400 g/mol. The van der Waals surface area contributed by atoms with Crippen LogP contribution in [0.25, 0.3) is 0 Å². The first-order valence-electron chi connectivity index (χ1n) is 7.17. The molecule has 0 aliphatic carbocycles. The van der Waals surface area contributed by atoms with Crippen LogP contribution in [0.15, 0.2) is 40.9 Å². The van der Waals surface area contributed by atoms with Gasteiger partial charge in [-0.25, -0.2) is 4.79 Å². The van der Waals surface area contributed by atoms with Gasteiger partial charge in [0.15, 0.2) is 0 Å². The smallest absolute Gasteiger partial charge is 0.416 e. The number of halogens is 4. The van der Waals surface area contributed by atoms with Gasteiger partial charge in [0.2, 0.25) is 0 Å². The normalized spacial score (nSPS) is 13.8. The molecule has 0 saturated carbocycles. The molecular weight excluding hydrogens is 387 g/mol. The molecule has 1 aliphatic rings. The summed E-state index contributed by atoms with van der Waals surface area (Å²) in [7, 11) is 1.29. The Labute approximate surface area is 145 Å². The molecule has 0 spiro atoms. The number of rotatable bonds is 2. The summed E-state index contributed by atoms with van der Waals surface area (Å²) < 4.78 is 44.8. The third-order valence-corrected chi connectivity index (χ3v) is 4.43. The Morgan fingerprint density at radius 2 is 1.88 bits per heavy atom. The van der Waals surface area contributed by atoms with Crippen molar-refractivity contribution in [3.05, 3.63) is 57.6 Å². The molecule has 126 valence electrons. The van der Waals surface area contributed by atoms with Crippen LogP contribution in [0.4, 0.5) is 24.5 Å². The third-order valence-electron chi connectivity index (χ3n) is 3.97. The topological polar surface area (TPSA) is 29.5 Å². The van der Waals surface area contributed by atoms with E-state index in [9.17, 15) is 18.0 Å². The molecule has 2 aromatic rings. The van der Waals surface area contributed by atoms with Gasteiger partial charge in [-0.05, 0) is 48.4 Å². The Kier molecular flexibility index (Phi) is 4.29. The van der Waals surface area contributed by atoms with E-state index in [0.29, 0.717) is 34.3 Å². The van der Waals surface area contributed by atoms with Crippen molar-refractivity contribution in [3.8, 4) is 0 Å². The van der Waals surface area contributed by atoms with Crippen molar-refractivity contribution in [3.63, 3.8) is 0 Å². The van der Waals surface area contributed by atoms with Crippen LogP contribution in [0.5, 0.6) is 0 Å². The zero-order valence-corrected chi connectivity index (χ0v) is 14.2. The molecule has 0 unspecified atom stereocenters. The quantitative estimate of drug-likeness (QED) is 0.669. The maximum atomic E-state index is 13.2. The molecule has 3 rings (SSSR count). The minimum Gasteiger partial charge on any atom is -0.465 e. The summed E-state index contributed by atoms with van der Waals surface area (Å²) in [5.74, 6) is -0.453. The fourth-order valence-corrected chi connectivity index (χ4v) is 3.33. The van der Waals surface area contributed by atoms with Crippen molar-refractivity contribution >= 4 is 33.3 Å². The summed E-state index contributed by atoms with van der Waals surface area (Å²) in [5.41, 5.74) is 1.34. The summed E-state index contributed by atoms with van der Waals surface area (Å²) in [6.07, 6.45) is -4.07. The molecule has 0 fully saturated rings. The molecule has 3 nitrogen and oxygen atoms in total. The molecule has 2 aromatic carbocycles. The predicted molar refractivity (Wildman–Crippen MR) is 87.6 cm³/mol. The van der Waals surface area contributed by atoms with E-state index in [1.54, 1.807) is 30.3 Å². The molecule has 7 heteroatoms. The van der Waals surface area contributed by atoms with E-state index >= 15 is 0 Å². The lowest BCUT2D eigenvalue weighted by atomic mass is 10.0. The molecule has 0 saturated heterocycles. The van der Waals surface area contributed by atoms with Crippen LogP contribution in [-0.4, -0.2) is 19.6 Å². The number of anilines is 2. The first-order valence-corrected chi connectivity index (χ1v) is 7.96. The van der Waals surface area contributed by atoms with Crippen molar-refractivity contribution in [1.29, 1.82) is 0 Å². The van der Waals surface area contributed by atoms with Gasteiger partial charge in [0, 0.05) is 22.4 Å². The van der Waals surface area contributed by atoms with E-state index in [4.69, 9.17) is 0 Å². The fourth-order valence-electron chi connectivity index (χ4n) is 2.89. The molecule has 0 bridgehead atoms. The lowest BCUT2D eigenvalue weighted by Crippen LogP contribution is -2.13. The standard InChI is InChI=1S/C17H13BrF3NO2/c1-24-16(23)10-2-4-12(5-3-10)22-7-6-13-14(17(19,20)21)8-11(18)9-15(13)22/h2-5,8-9H,6-7H2,1H3. The highest BCUT2D eigenvalue weighted by atomic mass is 79.9. The number of hydrogen-bond acceptors (Lipinski definition) is 3. The van der Waals surface area contributed by atoms with Crippen LogP contribution in [0.2, 0.25) is 0 Å².